The summed E-state index contributed by atoms with van der Waals surface area (Å²) in [4.78, 5) is 0. The van der Waals surface area contributed by atoms with Gasteiger partial charge in [0.15, 0.2) is 0 Å². The quantitative estimate of drug-likeness (QED) is 0.488. The van der Waals surface area contributed by atoms with Crippen LogP contribution >= 0.6 is 29.4 Å². The number of halogens is 2. The van der Waals surface area contributed by atoms with Gasteiger partial charge in [0.05, 0.1) is 0 Å². The summed E-state index contributed by atoms with van der Waals surface area (Å²) in [6.45, 7) is 0. The second kappa shape index (κ2) is 17.1. The van der Waals surface area contributed by atoms with Gasteiger partial charge in [-0.05, 0) is 0 Å². The van der Waals surface area contributed by atoms with Crippen molar-refractivity contribution < 1.29 is 5.71 Å². The summed E-state index contributed by atoms with van der Waals surface area (Å²) in [5, 5.41) is 0. The van der Waals surface area contributed by atoms with Crippen LogP contribution in [0.5, 0.6) is 0 Å². The van der Waals surface area contributed by atoms with Crippen LogP contribution in [0.4, 0.5) is 0 Å². The molecule has 0 fully saturated rings. The van der Waals surface area contributed by atoms with Crippen LogP contribution in [0.15, 0.2) is 0 Å². The maximum atomic E-state index is 0. The van der Waals surface area contributed by atoms with Gasteiger partial charge >= 0.3 is 60.8 Å². The van der Waals surface area contributed by atoms with E-state index in [0.717, 1.165) is 0 Å². The molecule has 0 unspecified atom stereocenters. The Labute approximate surface area is 94.4 Å². The molecule has 0 radical (unpaired) electrons. The first kappa shape index (κ1) is 29.2. The molecule has 0 saturated heterocycles. The van der Waals surface area contributed by atoms with Crippen molar-refractivity contribution in [3.63, 3.8) is 0 Å². The fraction of sp³-hybridized carbons (Fsp3) is 0. The Morgan fingerprint density at radius 2 is 1.25 bits per heavy atom. The zero-order valence-electron chi connectivity index (χ0n) is 6.23. The normalized spacial score (nSPS) is 0. The minimum atomic E-state index is 0. The van der Waals surface area contributed by atoms with E-state index in [9.17, 15) is 0 Å². The van der Waals surface area contributed by atoms with E-state index in [4.69, 9.17) is 0 Å². The van der Waals surface area contributed by atoms with E-state index < -0.39 is 0 Å². The van der Waals surface area contributed by atoms with Gasteiger partial charge in [-0.15, -0.1) is 29.4 Å². The van der Waals surface area contributed by atoms with Crippen molar-refractivity contribution in [1.29, 1.82) is 0 Å². The summed E-state index contributed by atoms with van der Waals surface area (Å²) in [5.74, 6) is 0. The maximum Gasteiger partial charge on any atom is 2.00 e. The van der Waals surface area contributed by atoms with Gasteiger partial charge in [0.1, 0.15) is 0 Å². The predicted octanol–water partition coefficient (Wildman–Crippen LogP) is 0.688. The van der Waals surface area contributed by atoms with Crippen LogP contribution in [-0.2, 0) is 0 Å². The molecule has 0 aliphatic rings. The molecule has 0 saturated carbocycles. The van der Waals surface area contributed by atoms with E-state index >= 15 is 0 Å². The summed E-state index contributed by atoms with van der Waals surface area (Å²) in [6.07, 6.45) is 0. The zero-order valence-corrected chi connectivity index (χ0v) is 8.38. The molecular formula is H6BrCaClMg. The third kappa shape index (κ3) is 8.84. The van der Waals surface area contributed by atoms with Crippen LogP contribution in [0.1, 0.15) is 5.71 Å². The van der Waals surface area contributed by atoms with Crippen molar-refractivity contribution in [3.8, 4) is 0 Å². The van der Waals surface area contributed by atoms with Gasteiger partial charge in [-0.25, -0.2) is 0 Å². The van der Waals surface area contributed by atoms with Gasteiger partial charge in [0.25, 0.3) is 0 Å². The zero-order chi connectivity index (χ0) is 0. The van der Waals surface area contributed by atoms with Crippen molar-refractivity contribution in [2.24, 2.45) is 0 Å². The monoisotopic (exact) mass is 184 g/mol. The van der Waals surface area contributed by atoms with Gasteiger partial charge in [0, 0.05) is 0 Å². The predicted molar refractivity (Wildman–Crippen MR) is 33.5 cm³/mol. The van der Waals surface area contributed by atoms with Crippen LogP contribution in [-0.4, -0.2) is 60.8 Å². The summed E-state index contributed by atoms with van der Waals surface area (Å²) >= 11 is 0. The summed E-state index contributed by atoms with van der Waals surface area (Å²) in [7, 11) is 0. The van der Waals surface area contributed by atoms with Gasteiger partial charge in [-0.2, -0.15) is 0 Å². The molecule has 0 amide bonds. The van der Waals surface area contributed by atoms with E-state index in [1.165, 1.54) is 0 Å². The first-order valence-electron chi connectivity index (χ1n) is 0. The fourth-order valence-corrected chi connectivity index (χ4v) is 0. The van der Waals surface area contributed by atoms with Crippen molar-refractivity contribution in [2.45, 2.75) is 0 Å². The van der Waals surface area contributed by atoms with Crippen molar-refractivity contribution in [1.82, 2.24) is 0 Å². The summed E-state index contributed by atoms with van der Waals surface area (Å²) in [5.41, 5.74) is 0. The Hall–Kier alpha value is 2.80. The Kier molecular flexibility index (Phi) is 125. The van der Waals surface area contributed by atoms with Crippen LogP contribution in [0.3, 0.4) is 0 Å². The first-order chi connectivity index (χ1) is 0. The van der Waals surface area contributed by atoms with Crippen molar-refractivity contribution in [2.75, 3.05) is 0 Å². The second-order valence-electron chi connectivity index (χ2n) is 0. The third-order valence-electron chi connectivity index (χ3n) is 0. The van der Waals surface area contributed by atoms with Crippen LogP contribution < -0.4 is 0 Å². The van der Waals surface area contributed by atoms with Gasteiger partial charge in [0.2, 0.25) is 0 Å². The van der Waals surface area contributed by atoms with E-state index in [2.05, 4.69) is 0 Å². The van der Waals surface area contributed by atoms with Gasteiger partial charge < -0.3 is 5.71 Å². The topological polar surface area (TPSA) is 0 Å². The SMILES string of the molecule is Br.Cl.[Ca+2].[H-].[H-].[H-].[H-].[Mg+2]. The molecular weight excluding hydrogens is 180 g/mol. The molecule has 0 nitrogen and oxygen atoms in total. The maximum absolute atomic E-state index is 0. The minimum absolute atomic E-state index is 0. The van der Waals surface area contributed by atoms with E-state index in [1.54, 1.807) is 0 Å². The Morgan fingerprint density at radius 1 is 1.25 bits per heavy atom. The van der Waals surface area contributed by atoms with Crippen molar-refractivity contribution >= 4 is 90.2 Å². The molecule has 24 valence electrons. The average Bonchev–Trinajstić information content (AvgIpc) is 0. The minimum Gasteiger partial charge on any atom is -1.00 e. The largest absolute Gasteiger partial charge is 2.00 e. The fourth-order valence-electron chi connectivity index (χ4n) is 0. The Morgan fingerprint density at radius 3 is 1.25 bits per heavy atom. The summed E-state index contributed by atoms with van der Waals surface area (Å²) in [6, 6.07) is 0. The molecule has 0 heterocycles. The van der Waals surface area contributed by atoms with E-state index in [-0.39, 0.29) is 95.9 Å². The molecule has 0 rings (SSSR count). The Bertz CT molecular complexity index is 16.0. The summed E-state index contributed by atoms with van der Waals surface area (Å²) < 4.78 is 0. The number of rotatable bonds is 0. The second-order valence-corrected chi connectivity index (χ2v) is 0. The number of hydrogen-bond acceptors (Lipinski definition) is 0. The molecule has 0 atom stereocenters. The molecule has 0 bridgehead atoms. The molecule has 0 N–H and O–H groups in total. The number of hydrogen-bond donors (Lipinski definition) is 0. The van der Waals surface area contributed by atoms with Gasteiger partial charge in [-0.3, -0.25) is 0 Å². The van der Waals surface area contributed by atoms with Crippen molar-refractivity contribution in [3.05, 3.63) is 0 Å². The van der Waals surface area contributed by atoms with E-state index in [0.29, 0.717) is 0 Å². The Balaban J connectivity index is 0. The van der Waals surface area contributed by atoms with Crippen LogP contribution in [0.25, 0.3) is 0 Å². The smallest absolute Gasteiger partial charge is 1.00 e. The molecule has 0 aromatic rings. The molecule has 0 aromatic carbocycles. The first-order valence-corrected chi connectivity index (χ1v) is 0. The molecule has 4 heavy (non-hydrogen) atoms. The van der Waals surface area contributed by atoms with E-state index in [1.807, 2.05) is 0 Å². The van der Waals surface area contributed by atoms with Gasteiger partial charge in [-0.1, -0.05) is 0 Å². The average molecular weight is 186 g/mol. The standard InChI is InChI=1S/BrH.Ca.ClH.Mg.4H/h1H;;1H;;;;;/q;+2;;+2;4*-1. The third-order valence-corrected chi connectivity index (χ3v) is 0. The molecule has 0 aliphatic carbocycles. The van der Waals surface area contributed by atoms with Crippen LogP contribution in [0.2, 0.25) is 0 Å². The van der Waals surface area contributed by atoms with Crippen LogP contribution in [0, 0.1) is 0 Å². The molecule has 0 aromatic heterocycles. The molecule has 4 heteroatoms. The molecule has 0 spiro atoms. The molecule has 0 aliphatic heterocycles.